The Balaban J connectivity index is 1.70. The Morgan fingerprint density at radius 3 is 2.72 bits per heavy atom. The van der Waals surface area contributed by atoms with E-state index < -0.39 is 6.17 Å². The van der Waals surface area contributed by atoms with Crippen LogP contribution in [-0.4, -0.2) is 27.2 Å². The predicted octanol–water partition coefficient (Wildman–Crippen LogP) is 2.58. The summed E-state index contributed by atoms with van der Waals surface area (Å²) in [6.07, 6.45) is 5.78. The van der Waals surface area contributed by atoms with Crippen molar-refractivity contribution in [2.45, 2.75) is 12.7 Å². The van der Waals surface area contributed by atoms with Crippen molar-refractivity contribution >= 4 is 17.8 Å². The maximum atomic E-state index is 13.1. The number of benzene rings is 1. The van der Waals surface area contributed by atoms with Gasteiger partial charge in [-0.1, -0.05) is 12.1 Å². The summed E-state index contributed by atoms with van der Waals surface area (Å²) >= 11 is 0. The molecule has 4 rings (SSSR count). The lowest BCUT2D eigenvalue weighted by molar-refractivity contribution is -0.108. The first-order valence-electron chi connectivity index (χ1n) is 7.86. The van der Waals surface area contributed by atoms with E-state index in [1.165, 1.54) is 12.1 Å². The second-order valence-electron chi connectivity index (χ2n) is 5.97. The minimum atomic E-state index is -0.480. The van der Waals surface area contributed by atoms with Gasteiger partial charge in [0.05, 0.1) is 11.9 Å². The van der Waals surface area contributed by atoms with Crippen molar-refractivity contribution in [2.75, 3.05) is 10.2 Å². The first-order valence-corrected chi connectivity index (χ1v) is 7.86. The Labute approximate surface area is 143 Å². The molecular formula is C18H16FN5O. The van der Waals surface area contributed by atoms with Gasteiger partial charge in [0, 0.05) is 37.1 Å². The fourth-order valence-electron chi connectivity index (χ4n) is 2.99. The third kappa shape index (κ3) is 2.84. The minimum Gasteiger partial charge on any atom is -0.342 e. The molecule has 0 spiro atoms. The molecule has 0 saturated carbocycles. The van der Waals surface area contributed by atoms with Crippen molar-refractivity contribution in [3.63, 3.8) is 0 Å². The molecule has 1 atom stereocenters. The Morgan fingerprint density at radius 1 is 1.24 bits per heavy atom. The van der Waals surface area contributed by atoms with Gasteiger partial charge in [-0.15, -0.1) is 0 Å². The van der Waals surface area contributed by atoms with Crippen molar-refractivity contribution in [3.8, 4) is 11.1 Å². The van der Waals surface area contributed by atoms with Crippen LogP contribution >= 0.6 is 0 Å². The SMILES string of the molecule is Cn1cc(CN2c3cc(-c4ccc(F)cc4)cnc3NC2C=O)cn1. The van der Waals surface area contributed by atoms with Crippen LogP contribution in [0.1, 0.15) is 5.56 Å². The number of fused-ring (bicyclic) bond motifs is 1. The number of anilines is 2. The molecular weight excluding hydrogens is 321 g/mol. The Kier molecular flexibility index (Phi) is 3.68. The van der Waals surface area contributed by atoms with Crippen LogP contribution in [-0.2, 0) is 18.4 Å². The molecule has 1 unspecified atom stereocenters. The largest absolute Gasteiger partial charge is 0.342 e. The normalized spacial score (nSPS) is 15.8. The van der Waals surface area contributed by atoms with Crippen molar-refractivity contribution in [3.05, 3.63) is 60.3 Å². The van der Waals surface area contributed by atoms with Crippen molar-refractivity contribution in [1.29, 1.82) is 0 Å². The molecule has 1 aromatic carbocycles. The molecule has 126 valence electrons. The fraction of sp³-hybridized carbons (Fsp3) is 0.167. The zero-order valence-corrected chi connectivity index (χ0v) is 13.6. The highest BCUT2D eigenvalue weighted by molar-refractivity contribution is 5.85. The first-order chi connectivity index (χ1) is 12.1. The fourth-order valence-corrected chi connectivity index (χ4v) is 2.99. The average molecular weight is 337 g/mol. The maximum Gasteiger partial charge on any atom is 0.162 e. The van der Waals surface area contributed by atoms with E-state index in [4.69, 9.17) is 0 Å². The lowest BCUT2D eigenvalue weighted by Gasteiger charge is -2.22. The molecule has 0 aliphatic carbocycles. The number of aldehydes is 1. The third-order valence-corrected chi connectivity index (χ3v) is 4.22. The molecule has 2 aromatic heterocycles. The highest BCUT2D eigenvalue weighted by Crippen LogP contribution is 2.36. The lowest BCUT2D eigenvalue weighted by atomic mass is 10.1. The van der Waals surface area contributed by atoms with Crippen LogP contribution in [0.15, 0.2) is 48.9 Å². The number of nitrogens with one attached hydrogen (secondary N) is 1. The summed E-state index contributed by atoms with van der Waals surface area (Å²) in [5.41, 5.74) is 3.56. The van der Waals surface area contributed by atoms with Crippen LogP contribution < -0.4 is 10.2 Å². The number of hydrogen-bond acceptors (Lipinski definition) is 5. The summed E-state index contributed by atoms with van der Waals surface area (Å²) in [5.74, 6) is 0.380. The topological polar surface area (TPSA) is 63.1 Å². The quantitative estimate of drug-likeness (QED) is 0.742. The number of halogens is 1. The van der Waals surface area contributed by atoms with Crippen LogP contribution in [0.2, 0.25) is 0 Å². The van der Waals surface area contributed by atoms with Crippen molar-refractivity contribution < 1.29 is 9.18 Å². The second kappa shape index (κ2) is 6.01. The van der Waals surface area contributed by atoms with Gasteiger partial charge in [-0.05, 0) is 23.8 Å². The van der Waals surface area contributed by atoms with E-state index in [1.54, 1.807) is 29.2 Å². The predicted molar refractivity (Wildman–Crippen MR) is 92.5 cm³/mol. The molecule has 1 aliphatic heterocycles. The van der Waals surface area contributed by atoms with E-state index in [1.807, 2.05) is 24.2 Å². The molecule has 0 amide bonds. The van der Waals surface area contributed by atoms with Gasteiger partial charge in [0.1, 0.15) is 5.82 Å². The molecule has 3 heterocycles. The van der Waals surface area contributed by atoms with Crippen LogP contribution in [0.25, 0.3) is 11.1 Å². The van der Waals surface area contributed by atoms with E-state index in [9.17, 15) is 9.18 Å². The van der Waals surface area contributed by atoms with E-state index in [0.717, 1.165) is 28.7 Å². The average Bonchev–Trinajstić information content (AvgIpc) is 3.19. The van der Waals surface area contributed by atoms with E-state index in [-0.39, 0.29) is 5.82 Å². The monoisotopic (exact) mass is 337 g/mol. The number of rotatable bonds is 4. The zero-order chi connectivity index (χ0) is 17.4. The number of pyridine rings is 1. The van der Waals surface area contributed by atoms with Gasteiger partial charge in [0.15, 0.2) is 18.3 Å². The van der Waals surface area contributed by atoms with E-state index in [0.29, 0.717) is 12.4 Å². The summed E-state index contributed by atoms with van der Waals surface area (Å²) in [4.78, 5) is 17.9. The number of nitrogens with zero attached hydrogens (tertiary/aromatic N) is 4. The summed E-state index contributed by atoms with van der Waals surface area (Å²) in [7, 11) is 1.85. The molecule has 0 fully saturated rings. The summed E-state index contributed by atoms with van der Waals surface area (Å²) < 4.78 is 14.9. The third-order valence-electron chi connectivity index (χ3n) is 4.22. The second-order valence-corrected chi connectivity index (χ2v) is 5.97. The number of aromatic nitrogens is 3. The minimum absolute atomic E-state index is 0.279. The van der Waals surface area contributed by atoms with Gasteiger partial charge in [0.25, 0.3) is 0 Å². The molecule has 6 nitrogen and oxygen atoms in total. The number of aryl methyl sites for hydroxylation is 1. The number of carbonyl (C=O) groups is 1. The molecule has 7 heteroatoms. The van der Waals surface area contributed by atoms with Crippen LogP contribution in [0.3, 0.4) is 0 Å². The molecule has 1 N–H and O–H groups in total. The highest BCUT2D eigenvalue weighted by atomic mass is 19.1. The van der Waals surface area contributed by atoms with Crippen molar-refractivity contribution in [2.24, 2.45) is 7.05 Å². The Morgan fingerprint density at radius 2 is 2.04 bits per heavy atom. The lowest BCUT2D eigenvalue weighted by Crippen LogP contribution is -2.36. The van der Waals surface area contributed by atoms with Gasteiger partial charge in [-0.3, -0.25) is 9.48 Å². The summed E-state index contributed by atoms with van der Waals surface area (Å²) in [6, 6.07) is 8.22. The first kappa shape index (κ1) is 15.3. The van der Waals surface area contributed by atoms with Gasteiger partial charge < -0.3 is 10.2 Å². The Bertz CT molecular complexity index is 921. The molecule has 25 heavy (non-hydrogen) atoms. The molecule has 1 aliphatic rings. The summed E-state index contributed by atoms with van der Waals surface area (Å²) in [5, 5.41) is 7.28. The zero-order valence-electron chi connectivity index (χ0n) is 13.6. The van der Waals surface area contributed by atoms with E-state index in [2.05, 4.69) is 15.4 Å². The maximum absolute atomic E-state index is 13.1. The van der Waals surface area contributed by atoms with Gasteiger partial charge in [-0.25, -0.2) is 9.37 Å². The van der Waals surface area contributed by atoms with Crippen LogP contribution in [0.5, 0.6) is 0 Å². The van der Waals surface area contributed by atoms with Crippen LogP contribution in [0.4, 0.5) is 15.9 Å². The molecule has 0 bridgehead atoms. The smallest absolute Gasteiger partial charge is 0.162 e. The highest BCUT2D eigenvalue weighted by Gasteiger charge is 2.30. The molecule has 0 saturated heterocycles. The van der Waals surface area contributed by atoms with Crippen molar-refractivity contribution in [1.82, 2.24) is 14.8 Å². The van der Waals surface area contributed by atoms with Crippen LogP contribution in [0, 0.1) is 5.82 Å². The van der Waals surface area contributed by atoms with Gasteiger partial charge in [0.2, 0.25) is 0 Å². The summed E-state index contributed by atoms with van der Waals surface area (Å²) in [6.45, 7) is 0.534. The standard InChI is InChI=1S/C18H16FN5O/c1-23-9-12(7-21-23)10-24-16-6-14(13-2-4-15(19)5-3-13)8-20-18(16)22-17(24)11-25/h2-9,11,17H,10H2,1H3,(H,20,22). The van der Waals surface area contributed by atoms with Gasteiger partial charge >= 0.3 is 0 Å². The van der Waals surface area contributed by atoms with Gasteiger partial charge in [-0.2, -0.15) is 5.10 Å². The molecule has 0 radical (unpaired) electrons. The Hall–Kier alpha value is -3.22. The van der Waals surface area contributed by atoms with E-state index >= 15 is 0 Å². The molecule has 3 aromatic rings. The number of carbonyl (C=O) groups excluding carboxylic acids is 1. The number of hydrogen-bond donors (Lipinski definition) is 1.